The van der Waals surface area contributed by atoms with Crippen molar-refractivity contribution in [2.24, 2.45) is 0 Å². The van der Waals surface area contributed by atoms with E-state index in [1.807, 2.05) is 6.92 Å². The first-order valence-electron chi connectivity index (χ1n) is 6.90. The largest absolute Gasteiger partial charge is 0.379 e. The highest BCUT2D eigenvalue weighted by Crippen LogP contribution is 2.12. The summed E-state index contributed by atoms with van der Waals surface area (Å²) in [6.07, 6.45) is 2.29. The number of rotatable bonds is 6. The van der Waals surface area contributed by atoms with E-state index in [1.54, 1.807) is 6.20 Å². The first kappa shape index (κ1) is 15.9. The summed E-state index contributed by atoms with van der Waals surface area (Å²) in [6.45, 7) is 3.46. The monoisotopic (exact) mass is 316 g/mol. The molecule has 21 heavy (non-hydrogen) atoms. The minimum atomic E-state index is -3.41. The molecular formula is C12H20N4O4S. The van der Waals surface area contributed by atoms with Gasteiger partial charge in [0.15, 0.2) is 0 Å². The molecule has 0 bridgehead atoms. The van der Waals surface area contributed by atoms with Crippen LogP contribution in [0.15, 0.2) is 6.20 Å². The third-order valence-electron chi connectivity index (χ3n) is 3.31. The van der Waals surface area contributed by atoms with E-state index in [2.05, 4.69) is 15.5 Å². The van der Waals surface area contributed by atoms with Gasteiger partial charge in [0.2, 0.25) is 15.9 Å². The van der Waals surface area contributed by atoms with Crippen LogP contribution in [0.4, 0.5) is 5.82 Å². The predicted molar refractivity (Wildman–Crippen MR) is 77.4 cm³/mol. The van der Waals surface area contributed by atoms with Crippen molar-refractivity contribution >= 4 is 21.7 Å². The first-order chi connectivity index (χ1) is 10.0. The van der Waals surface area contributed by atoms with Crippen molar-refractivity contribution in [1.82, 2.24) is 14.5 Å². The summed E-state index contributed by atoms with van der Waals surface area (Å²) >= 11 is 0. The van der Waals surface area contributed by atoms with Gasteiger partial charge in [-0.05, 0) is 6.42 Å². The SMILES string of the molecule is CCc1cn[nH]c1NC(=O)CCS(=O)(=O)N1CCOCC1. The Morgan fingerprint density at radius 3 is 2.86 bits per heavy atom. The maximum absolute atomic E-state index is 12.1. The Bertz CT molecular complexity index is 578. The molecule has 2 heterocycles. The van der Waals surface area contributed by atoms with Gasteiger partial charge in [-0.25, -0.2) is 8.42 Å². The zero-order valence-corrected chi connectivity index (χ0v) is 12.8. The molecule has 0 aromatic carbocycles. The molecule has 1 saturated heterocycles. The molecule has 9 heteroatoms. The number of H-pyrrole nitrogens is 1. The van der Waals surface area contributed by atoms with Gasteiger partial charge >= 0.3 is 0 Å². The van der Waals surface area contributed by atoms with E-state index in [4.69, 9.17) is 4.74 Å². The normalized spacial score (nSPS) is 16.8. The van der Waals surface area contributed by atoms with Gasteiger partial charge in [0.05, 0.1) is 25.2 Å². The summed E-state index contributed by atoms with van der Waals surface area (Å²) in [6, 6.07) is 0. The van der Waals surface area contributed by atoms with Gasteiger partial charge in [0, 0.05) is 25.1 Å². The number of aryl methyl sites for hydroxylation is 1. The number of hydrogen-bond donors (Lipinski definition) is 2. The van der Waals surface area contributed by atoms with Crippen LogP contribution in [-0.4, -0.2) is 60.9 Å². The topological polar surface area (TPSA) is 104 Å². The van der Waals surface area contributed by atoms with E-state index < -0.39 is 10.0 Å². The number of morpholine rings is 1. The lowest BCUT2D eigenvalue weighted by molar-refractivity contribution is -0.115. The van der Waals surface area contributed by atoms with E-state index in [0.717, 1.165) is 12.0 Å². The number of ether oxygens (including phenoxy) is 1. The summed E-state index contributed by atoms with van der Waals surface area (Å²) in [4.78, 5) is 11.8. The van der Waals surface area contributed by atoms with Crippen molar-refractivity contribution in [3.63, 3.8) is 0 Å². The van der Waals surface area contributed by atoms with Crippen molar-refractivity contribution in [2.45, 2.75) is 19.8 Å². The van der Waals surface area contributed by atoms with Gasteiger partial charge < -0.3 is 10.1 Å². The quantitative estimate of drug-likeness (QED) is 0.766. The van der Waals surface area contributed by atoms with Gasteiger partial charge in [-0.1, -0.05) is 6.92 Å². The molecule has 0 saturated carbocycles. The number of hydrogen-bond acceptors (Lipinski definition) is 5. The number of carbonyl (C=O) groups is 1. The molecular weight excluding hydrogens is 296 g/mol. The van der Waals surface area contributed by atoms with Gasteiger partial charge in [0.25, 0.3) is 0 Å². The van der Waals surface area contributed by atoms with E-state index in [1.165, 1.54) is 4.31 Å². The molecule has 0 radical (unpaired) electrons. The molecule has 2 N–H and O–H groups in total. The van der Waals surface area contributed by atoms with Crippen LogP contribution in [0.2, 0.25) is 0 Å². The van der Waals surface area contributed by atoms with Crippen molar-refractivity contribution in [1.29, 1.82) is 0 Å². The Hall–Kier alpha value is -1.45. The molecule has 1 aliphatic rings. The van der Waals surface area contributed by atoms with Crippen molar-refractivity contribution in [2.75, 3.05) is 37.4 Å². The molecule has 1 aromatic rings. The Labute approximate surface area is 123 Å². The number of nitrogens with zero attached hydrogens (tertiary/aromatic N) is 2. The zero-order chi connectivity index (χ0) is 15.3. The number of anilines is 1. The minimum Gasteiger partial charge on any atom is -0.379 e. The Kier molecular flexibility index (Phi) is 5.32. The molecule has 118 valence electrons. The standard InChI is InChI=1S/C12H20N4O4S/c1-2-10-9-13-15-12(10)14-11(17)3-8-21(18,19)16-4-6-20-7-5-16/h9H,2-8H2,1H3,(H2,13,14,15,17). The second-order valence-corrected chi connectivity index (χ2v) is 6.84. The van der Waals surface area contributed by atoms with Gasteiger partial charge in [-0.3, -0.25) is 9.89 Å². The molecule has 1 fully saturated rings. The third-order valence-corrected chi connectivity index (χ3v) is 5.19. The molecule has 1 amide bonds. The van der Waals surface area contributed by atoms with Crippen molar-refractivity contribution in [3.8, 4) is 0 Å². The summed E-state index contributed by atoms with van der Waals surface area (Å²) in [5, 5.41) is 9.19. The van der Waals surface area contributed by atoms with Crippen LogP contribution in [0, 0.1) is 0 Å². The molecule has 1 aliphatic heterocycles. The van der Waals surface area contributed by atoms with Crippen molar-refractivity contribution in [3.05, 3.63) is 11.8 Å². The second kappa shape index (κ2) is 7.01. The highest BCUT2D eigenvalue weighted by atomic mass is 32.2. The number of amides is 1. The molecule has 1 aromatic heterocycles. The lowest BCUT2D eigenvalue weighted by Gasteiger charge is -2.25. The fourth-order valence-electron chi connectivity index (χ4n) is 2.06. The minimum absolute atomic E-state index is 0.0815. The summed E-state index contributed by atoms with van der Waals surface area (Å²) in [5.41, 5.74) is 0.888. The molecule has 0 unspecified atom stereocenters. The van der Waals surface area contributed by atoms with Gasteiger partial charge in [0.1, 0.15) is 5.82 Å². The van der Waals surface area contributed by atoms with Crippen LogP contribution in [0.3, 0.4) is 0 Å². The van der Waals surface area contributed by atoms with Gasteiger partial charge in [-0.2, -0.15) is 9.40 Å². The Morgan fingerprint density at radius 1 is 1.48 bits per heavy atom. The number of aromatic amines is 1. The maximum Gasteiger partial charge on any atom is 0.226 e. The van der Waals surface area contributed by atoms with Crippen LogP contribution in [0.1, 0.15) is 18.9 Å². The zero-order valence-electron chi connectivity index (χ0n) is 12.0. The van der Waals surface area contributed by atoms with Crippen LogP contribution >= 0.6 is 0 Å². The summed E-state index contributed by atoms with van der Waals surface area (Å²) in [5.74, 6) is -0.00825. The summed E-state index contributed by atoms with van der Waals surface area (Å²) < 4.78 is 30.7. The van der Waals surface area contributed by atoms with E-state index in [0.29, 0.717) is 32.1 Å². The Balaban J connectivity index is 1.85. The van der Waals surface area contributed by atoms with Crippen molar-refractivity contribution < 1.29 is 17.9 Å². The fraction of sp³-hybridized carbons (Fsp3) is 0.667. The van der Waals surface area contributed by atoms with E-state index in [-0.39, 0.29) is 18.1 Å². The highest BCUT2D eigenvalue weighted by Gasteiger charge is 2.25. The third kappa shape index (κ3) is 4.26. The van der Waals surface area contributed by atoms with E-state index in [9.17, 15) is 13.2 Å². The molecule has 2 rings (SSSR count). The van der Waals surface area contributed by atoms with Crippen LogP contribution in [0.25, 0.3) is 0 Å². The fourth-order valence-corrected chi connectivity index (χ4v) is 3.47. The molecule has 0 atom stereocenters. The smallest absolute Gasteiger partial charge is 0.226 e. The number of nitrogens with one attached hydrogen (secondary N) is 2. The van der Waals surface area contributed by atoms with Crippen LogP contribution in [-0.2, 0) is 26.0 Å². The molecule has 0 aliphatic carbocycles. The second-order valence-electron chi connectivity index (χ2n) is 4.75. The van der Waals surface area contributed by atoms with Crippen LogP contribution in [0.5, 0.6) is 0 Å². The predicted octanol–water partition coefficient (Wildman–Crippen LogP) is -0.0373. The lowest BCUT2D eigenvalue weighted by Crippen LogP contribution is -2.42. The number of sulfonamides is 1. The first-order valence-corrected chi connectivity index (χ1v) is 8.51. The van der Waals surface area contributed by atoms with Gasteiger partial charge in [-0.15, -0.1) is 0 Å². The molecule has 0 spiro atoms. The lowest BCUT2D eigenvalue weighted by atomic mass is 10.2. The number of carbonyl (C=O) groups excluding carboxylic acids is 1. The number of aromatic nitrogens is 2. The van der Waals surface area contributed by atoms with E-state index >= 15 is 0 Å². The highest BCUT2D eigenvalue weighted by molar-refractivity contribution is 7.89. The Morgan fingerprint density at radius 2 is 2.19 bits per heavy atom. The van der Waals surface area contributed by atoms with Crippen LogP contribution < -0.4 is 5.32 Å². The molecule has 8 nitrogen and oxygen atoms in total. The summed E-state index contributed by atoms with van der Waals surface area (Å²) in [7, 11) is -3.41. The average Bonchev–Trinajstić information content (AvgIpc) is 2.93. The average molecular weight is 316 g/mol. The maximum atomic E-state index is 12.1.